The maximum absolute atomic E-state index is 12.7. The number of hydrogen-bond donors (Lipinski definition) is 1. The Balaban J connectivity index is 1.59. The summed E-state index contributed by atoms with van der Waals surface area (Å²) >= 11 is 0. The Kier molecular flexibility index (Phi) is 5.03. The number of hydrogen-bond acceptors (Lipinski definition) is 2. The van der Waals surface area contributed by atoms with Gasteiger partial charge >= 0.3 is 0 Å². The van der Waals surface area contributed by atoms with Gasteiger partial charge in [0.25, 0.3) is 0 Å². The van der Waals surface area contributed by atoms with Gasteiger partial charge in [-0.25, -0.2) is 0 Å². The van der Waals surface area contributed by atoms with Crippen LogP contribution in [0, 0.1) is 0 Å². The predicted molar refractivity (Wildman–Crippen MR) is 97.6 cm³/mol. The van der Waals surface area contributed by atoms with E-state index < -0.39 is 6.04 Å². The van der Waals surface area contributed by atoms with Gasteiger partial charge in [0, 0.05) is 31.1 Å². The molecule has 2 atom stereocenters. The summed E-state index contributed by atoms with van der Waals surface area (Å²) in [7, 11) is 0. The molecule has 2 aromatic rings. The molecule has 5 heteroatoms. The van der Waals surface area contributed by atoms with Crippen LogP contribution < -0.4 is 5.32 Å². The predicted octanol–water partition coefficient (Wildman–Crippen LogP) is 2.61. The number of nitrogens with one attached hydrogen (secondary N) is 1. The summed E-state index contributed by atoms with van der Waals surface area (Å²) in [5.74, 6) is -0.320. The van der Waals surface area contributed by atoms with Crippen LogP contribution >= 0.6 is 0 Å². The van der Waals surface area contributed by atoms with Crippen molar-refractivity contribution in [1.29, 1.82) is 0 Å². The zero-order chi connectivity index (χ0) is 17.8. The van der Waals surface area contributed by atoms with Gasteiger partial charge in [0.1, 0.15) is 6.04 Å². The van der Waals surface area contributed by atoms with Crippen molar-refractivity contribution in [2.75, 3.05) is 6.54 Å². The van der Waals surface area contributed by atoms with Gasteiger partial charge in [-0.3, -0.25) is 9.59 Å². The largest absolute Gasteiger partial charge is 0.348 e. The number of amides is 2. The van der Waals surface area contributed by atoms with Crippen LogP contribution in [0.5, 0.6) is 0 Å². The molecule has 0 saturated carbocycles. The van der Waals surface area contributed by atoms with Crippen LogP contribution in [0.2, 0.25) is 0 Å². The third kappa shape index (κ3) is 3.82. The van der Waals surface area contributed by atoms with E-state index >= 15 is 0 Å². The minimum absolute atomic E-state index is 0.00969. The maximum atomic E-state index is 12.7. The standard InChI is InChI=1S/C20H23N3O2/c1-15(21-19(24)11-10-17-7-4-3-5-8-17)20(25)23-14-13-22-12-6-9-18(22)16(23)2/h3-12,15-16H,13-14H2,1-2H3,(H,21,24)/b11-10+. The number of carbonyl (C=O) groups is 2. The lowest BCUT2D eigenvalue weighted by molar-refractivity contribution is -0.138. The Morgan fingerprint density at radius 1 is 1.16 bits per heavy atom. The molecule has 0 spiro atoms. The Morgan fingerprint density at radius 2 is 1.92 bits per heavy atom. The summed E-state index contributed by atoms with van der Waals surface area (Å²) in [5, 5.41) is 2.76. The first-order valence-corrected chi connectivity index (χ1v) is 8.55. The number of rotatable bonds is 4. The van der Waals surface area contributed by atoms with Gasteiger partial charge in [0.15, 0.2) is 0 Å². The molecule has 2 unspecified atom stereocenters. The molecule has 1 aliphatic rings. The monoisotopic (exact) mass is 337 g/mol. The lowest BCUT2D eigenvalue weighted by Gasteiger charge is -2.36. The summed E-state index contributed by atoms with van der Waals surface area (Å²) in [6, 6.07) is 13.1. The molecule has 1 aliphatic heterocycles. The van der Waals surface area contributed by atoms with Crippen LogP contribution in [0.1, 0.15) is 31.1 Å². The highest BCUT2D eigenvalue weighted by molar-refractivity contribution is 5.95. The van der Waals surface area contributed by atoms with Crippen LogP contribution in [-0.2, 0) is 16.1 Å². The van der Waals surface area contributed by atoms with Crippen LogP contribution in [0.15, 0.2) is 54.7 Å². The van der Waals surface area contributed by atoms with Crippen molar-refractivity contribution in [3.8, 4) is 0 Å². The van der Waals surface area contributed by atoms with E-state index in [-0.39, 0.29) is 17.9 Å². The fourth-order valence-electron chi connectivity index (χ4n) is 3.19. The first-order chi connectivity index (χ1) is 12.1. The lowest BCUT2D eigenvalue weighted by Crippen LogP contribution is -2.50. The zero-order valence-electron chi connectivity index (χ0n) is 14.6. The average molecular weight is 337 g/mol. The molecule has 1 aromatic carbocycles. The Morgan fingerprint density at radius 3 is 2.68 bits per heavy atom. The molecule has 0 aliphatic carbocycles. The Labute approximate surface area is 147 Å². The van der Waals surface area contributed by atoms with E-state index in [0.717, 1.165) is 17.8 Å². The molecule has 1 N–H and O–H groups in total. The molecule has 25 heavy (non-hydrogen) atoms. The van der Waals surface area contributed by atoms with Gasteiger partial charge in [-0.2, -0.15) is 0 Å². The minimum Gasteiger partial charge on any atom is -0.348 e. The molecule has 0 bridgehead atoms. The first kappa shape index (κ1) is 17.0. The molecule has 0 radical (unpaired) electrons. The van der Waals surface area contributed by atoms with Crippen LogP contribution in [0.3, 0.4) is 0 Å². The van der Waals surface area contributed by atoms with E-state index in [1.165, 1.54) is 6.08 Å². The smallest absolute Gasteiger partial charge is 0.245 e. The van der Waals surface area contributed by atoms with E-state index in [2.05, 4.69) is 9.88 Å². The van der Waals surface area contributed by atoms with Crippen molar-refractivity contribution in [3.63, 3.8) is 0 Å². The topological polar surface area (TPSA) is 54.3 Å². The molecule has 1 aromatic heterocycles. The molecule has 3 rings (SSSR count). The summed E-state index contributed by atoms with van der Waals surface area (Å²) in [5.41, 5.74) is 2.07. The fraction of sp³-hybridized carbons (Fsp3) is 0.300. The van der Waals surface area contributed by atoms with Crippen molar-refractivity contribution >= 4 is 17.9 Å². The second-order valence-corrected chi connectivity index (χ2v) is 6.31. The average Bonchev–Trinajstić information content (AvgIpc) is 3.10. The summed E-state index contributed by atoms with van der Waals surface area (Å²) < 4.78 is 2.17. The first-order valence-electron chi connectivity index (χ1n) is 8.55. The quantitative estimate of drug-likeness (QED) is 0.872. The van der Waals surface area contributed by atoms with Crippen LogP contribution in [-0.4, -0.2) is 33.9 Å². The third-order valence-electron chi connectivity index (χ3n) is 4.58. The lowest BCUT2D eigenvalue weighted by atomic mass is 10.1. The highest BCUT2D eigenvalue weighted by atomic mass is 16.2. The third-order valence-corrected chi connectivity index (χ3v) is 4.58. The minimum atomic E-state index is -0.558. The second-order valence-electron chi connectivity index (χ2n) is 6.31. The fourth-order valence-corrected chi connectivity index (χ4v) is 3.19. The molecule has 0 saturated heterocycles. The highest BCUT2D eigenvalue weighted by Crippen LogP contribution is 2.25. The normalized spacial score (nSPS) is 18.0. The number of nitrogens with zero attached hydrogens (tertiary/aromatic N) is 2. The molecule has 0 fully saturated rings. The van der Waals surface area contributed by atoms with Crippen molar-refractivity contribution in [3.05, 3.63) is 66.0 Å². The summed E-state index contributed by atoms with van der Waals surface area (Å²) in [6.45, 7) is 5.19. The van der Waals surface area contributed by atoms with Gasteiger partial charge in [-0.1, -0.05) is 30.3 Å². The van der Waals surface area contributed by atoms with Gasteiger partial charge < -0.3 is 14.8 Å². The zero-order valence-corrected chi connectivity index (χ0v) is 14.6. The Bertz CT molecular complexity index is 779. The van der Waals surface area contributed by atoms with E-state index in [1.54, 1.807) is 13.0 Å². The van der Waals surface area contributed by atoms with Gasteiger partial charge in [0.05, 0.1) is 6.04 Å². The molecule has 2 heterocycles. The van der Waals surface area contributed by atoms with E-state index in [0.29, 0.717) is 6.54 Å². The highest BCUT2D eigenvalue weighted by Gasteiger charge is 2.30. The van der Waals surface area contributed by atoms with Crippen molar-refractivity contribution in [1.82, 2.24) is 14.8 Å². The maximum Gasteiger partial charge on any atom is 0.245 e. The number of benzene rings is 1. The molecular formula is C20H23N3O2. The molecular weight excluding hydrogens is 314 g/mol. The molecule has 5 nitrogen and oxygen atoms in total. The number of aromatic nitrogens is 1. The van der Waals surface area contributed by atoms with E-state index in [1.807, 2.05) is 60.5 Å². The number of carbonyl (C=O) groups excluding carboxylic acids is 2. The van der Waals surface area contributed by atoms with Crippen LogP contribution in [0.25, 0.3) is 6.08 Å². The van der Waals surface area contributed by atoms with Gasteiger partial charge in [-0.15, -0.1) is 0 Å². The molecule has 2 amide bonds. The van der Waals surface area contributed by atoms with Crippen molar-refractivity contribution in [2.45, 2.75) is 32.5 Å². The second kappa shape index (κ2) is 7.38. The van der Waals surface area contributed by atoms with E-state index in [9.17, 15) is 9.59 Å². The van der Waals surface area contributed by atoms with Crippen LogP contribution in [0.4, 0.5) is 0 Å². The Hall–Kier alpha value is -2.82. The van der Waals surface area contributed by atoms with E-state index in [4.69, 9.17) is 0 Å². The summed E-state index contributed by atoms with van der Waals surface area (Å²) in [6.07, 6.45) is 5.24. The SMILES string of the molecule is CC(NC(=O)/C=C/c1ccccc1)C(=O)N1CCn2cccc2C1C. The molecule has 130 valence electrons. The van der Waals surface area contributed by atoms with Crippen molar-refractivity contribution in [2.24, 2.45) is 0 Å². The summed E-state index contributed by atoms with van der Waals surface area (Å²) in [4.78, 5) is 26.6. The van der Waals surface area contributed by atoms with Gasteiger partial charge in [-0.05, 0) is 37.6 Å². The van der Waals surface area contributed by atoms with Gasteiger partial charge in [0.2, 0.25) is 11.8 Å². The number of fused-ring (bicyclic) bond motifs is 1. The van der Waals surface area contributed by atoms with Crippen molar-refractivity contribution < 1.29 is 9.59 Å².